The molecule has 0 saturated carbocycles. The van der Waals surface area contributed by atoms with Gasteiger partial charge in [0.1, 0.15) is 0 Å². The highest BCUT2D eigenvalue weighted by atomic mass is 14.2. The molecule has 0 rings (SSSR count). The molecule has 52 valence electrons. The molecule has 0 radical (unpaired) electrons. The molecule has 0 saturated heterocycles. The summed E-state index contributed by atoms with van der Waals surface area (Å²) in [6.07, 6.45) is 5.34. The summed E-state index contributed by atoms with van der Waals surface area (Å²) in [6, 6.07) is 2.05. The fourth-order valence-corrected chi connectivity index (χ4v) is 0.563. The zero-order chi connectivity index (χ0) is 7.98. The average molecular weight is 133 g/mol. The highest BCUT2D eigenvalue weighted by Crippen LogP contribution is 1.99. The molecule has 0 aromatic rings. The van der Waals surface area contributed by atoms with Crippen molar-refractivity contribution in [2.75, 3.05) is 0 Å². The second-order valence-corrected chi connectivity index (χ2v) is 2.06. The number of allylic oxidation sites excluding steroid dienone is 5. The van der Waals surface area contributed by atoms with Crippen LogP contribution in [0.1, 0.15) is 13.8 Å². The van der Waals surface area contributed by atoms with Gasteiger partial charge in [-0.25, -0.2) is 0 Å². The van der Waals surface area contributed by atoms with Gasteiger partial charge in [-0.1, -0.05) is 18.2 Å². The van der Waals surface area contributed by atoms with Gasteiger partial charge in [-0.2, -0.15) is 5.26 Å². The SMILES string of the molecule is C=C(C)/C=C(C#N)\C=C/C. The number of hydrogen-bond donors (Lipinski definition) is 0. The summed E-state index contributed by atoms with van der Waals surface area (Å²) in [5.41, 5.74) is 1.55. The van der Waals surface area contributed by atoms with Gasteiger partial charge in [0.15, 0.2) is 0 Å². The Labute approximate surface area is 62.0 Å². The molecule has 0 fully saturated rings. The van der Waals surface area contributed by atoms with Crippen LogP contribution in [-0.4, -0.2) is 0 Å². The third-order valence-corrected chi connectivity index (χ3v) is 0.877. The number of rotatable bonds is 2. The molecular formula is C9H11N. The largest absolute Gasteiger partial charge is 0.192 e. The first-order valence-electron chi connectivity index (χ1n) is 3.10. The van der Waals surface area contributed by atoms with Gasteiger partial charge < -0.3 is 0 Å². The summed E-state index contributed by atoms with van der Waals surface area (Å²) in [7, 11) is 0. The summed E-state index contributed by atoms with van der Waals surface area (Å²) < 4.78 is 0. The van der Waals surface area contributed by atoms with Crippen molar-refractivity contribution in [1.29, 1.82) is 5.26 Å². The van der Waals surface area contributed by atoms with Crippen LogP contribution in [0.5, 0.6) is 0 Å². The van der Waals surface area contributed by atoms with Gasteiger partial charge in [-0.05, 0) is 26.0 Å². The topological polar surface area (TPSA) is 23.8 Å². The standard InChI is InChI=1S/C9H11N/c1-4-5-9(7-10)6-8(2)3/h4-6H,2H2,1,3H3/b5-4-,9-6+. The van der Waals surface area contributed by atoms with Crippen molar-refractivity contribution in [2.45, 2.75) is 13.8 Å². The van der Waals surface area contributed by atoms with Crippen LogP contribution in [0.25, 0.3) is 0 Å². The van der Waals surface area contributed by atoms with Crippen molar-refractivity contribution in [1.82, 2.24) is 0 Å². The van der Waals surface area contributed by atoms with Gasteiger partial charge in [0.2, 0.25) is 0 Å². The third kappa shape index (κ3) is 3.68. The van der Waals surface area contributed by atoms with E-state index >= 15 is 0 Å². The number of nitrogens with zero attached hydrogens (tertiary/aromatic N) is 1. The first-order valence-corrected chi connectivity index (χ1v) is 3.10. The van der Waals surface area contributed by atoms with Crippen LogP contribution in [0, 0.1) is 11.3 Å². The van der Waals surface area contributed by atoms with Crippen molar-refractivity contribution in [3.63, 3.8) is 0 Å². The maximum atomic E-state index is 8.50. The third-order valence-electron chi connectivity index (χ3n) is 0.877. The Kier molecular flexibility index (Phi) is 3.99. The fraction of sp³-hybridized carbons (Fsp3) is 0.222. The summed E-state index contributed by atoms with van der Waals surface area (Å²) in [5.74, 6) is 0. The minimum absolute atomic E-state index is 0.648. The van der Waals surface area contributed by atoms with E-state index < -0.39 is 0 Å². The van der Waals surface area contributed by atoms with Crippen molar-refractivity contribution >= 4 is 0 Å². The molecule has 0 aliphatic rings. The molecule has 0 aromatic carbocycles. The predicted molar refractivity (Wildman–Crippen MR) is 43.3 cm³/mol. The molecule has 10 heavy (non-hydrogen) atoms. The molecule has 1 heteroatoms. The first-order chi connectivity index (χ1) is 4.70. The van der Waals surface area contributed by atoms with Gasteiger partial charge in [0.25, 0.3) is 0 Å². The van der Waals surface area contributed by atoms with Crippen LogP contribution in [0.2, 0.25) is 0 Å². The molecule has 0 atom stereocenters. The van der Waals surface area contributed by atoms with Gasteiger partial charge in [0, 0.05) is 0 Å². The quantitative estimate of drug-likeness (QED) is 0.419. The molecule has 0 spiro atoms. The van der Waals surface area contributed by atoms with E-state index in [9.17, 15) is 0 Å². The Morgan fingerprint density at radius 1 is 1.60 bits per heavy atom. The summed E-state index contributed by atoms with van der Waals surface area (Å²) >= 11 is 0. The van der Waals surface area contributed by atoms with E-state index in [0.29, 0.717) is 5.57 Å². The Bertz CT molecular complexity index is 213. The van der Waals surface area contributed by atoms with Crippen LogP contribution < -0.4 is 0 Å². The Balaban J connectivity index is 4.38. The minimum atomic E-state index is 0.648. The second kappa shape index (κ2) is 4.58. The molecule has 0 unspecified atom stereocenters. The van der Waals surface area contributed by atoms with Crippen LogP contribution in [0.3, 0.4) is 0 Å². The molecule has 0 aliphatic heterocycles. The molecular weight excluding hydrogens is 122 g/mol. The van der Waals surface area contributed by atoms with E-state index in [4.69, 9.17) is 5.26 Å². The van der Waals surface area contributed by atoms with E-state index in [1.165, 1.54) is 0 Å². The minimum Gasteiger partial charge on any atom is -0.192 e. The molecule has 0 heterocycles. The highest BCUT2D eigenvalue weighted by molar-refractivity contribution is 5.37. The zero-order valence-electron chi connectivity index (χ0n) is 6.39. The Morgan fingerprint density at radius 2 is 2.20 bits per heavy atom. The lowest BCUT2D eigenvalue weighted by atomic mass is 10.2. The van der Waals surface area contributed by atoms with Gasteiger partial charge >= 0.3 is 0 Å². The van der Waals surface area contributed by atoms with Crippen LogP contribution in [-0.2, 0) is 0 Å². The molecule has 0 aromatic heterocycles. The van der Waals surface area contributed by atoms with Gasteiger partial charge in [-0.3, -0.25) is 0 Å². The lowest BCUT2D eigenvalue weighted by Crippen LogP contribution is -1.71. The maximum Gasteiger partial charge on any atom is 0.0991 e. The highest BCUT2D eigenvalue weighted by Gasteiger charge is 1.85. The molecule has 1 nitrogen and oxygen atoms in total. The average Bonchev–Trinajstić information content (AvgIpc) is 1.86. The zero-order valence-corrected chi connectivity index (χ0v) is 6.39. The van der Waals surface area contributed by atoms with Crippen molar-refractivity contribution in [3.05, 3.63) is 36.0 Å². The second-order valence-electron chi connectivity index (χ2n) is 2.06. The molecule has 0 bridgehead atoms. The lowest BCUT2D eigenvalue weighted by Gasteiger charge is -1.86. The van der Waals surface area contributed by atoms with Crippen LogP contribution >= 0.6 is 0 Å². The summed E-state index contributed by atoms with van der Waals surface area (Å²) in [5, 5.41) is 8.50. The fourth-order valence-electron chi connectivity index (χ4n) is 0.563. The monoisotopic (exact) mass is 133 g/mol. The van der Waals surface area contributed by atoms with E-state index in [0.717, 1.165) is 5.57 Å². The Hall–Kier alpha value is -1.29. The van der Waals surface area contributed by atoms with Crippen molar-refractivity contribution in [3.8, 4) is 6.07 Å². The number of hydrogen-bond acceptors (Lipinski definition) is 1. The molecule has 0 amide bonds. The lowest BCUT2D eigenvalue weighted by molar-refractivity contribution is 1.46. The normalized spacial score (nSPS) is 11.5. The summed E-state index contributed by atoms with van der Waals surface area (Å²) in [6.45, 7) is 7.40. The molecule has 0 aliphatic carbocycles. The van der Waals surface area contributed by atoms with Crippen molar-refractivity contribution < 1.29 is 0 Å². The first kappa shape index (κ1) is 8.71. The predicted octanol–water partition coefficient (Wildman–Crippen LogP) is 2.59. The van der Waals surface area contributed by atoms with Crippen LogP contribution in [0.4, 0.5) is 0 Å². The van der Waals surface area contributed by atoms with Crippen LogP contribution in [0.15, 0.2) is 36.0 Å². The van der Waals surface area contributed by atoms with Gasteiger partial charge in [0.05, 0.1) is 11.6 Å². The van der Waals surface area contributed by atoms with Crippen molar-refractivity contribution in [2.24, 2.45) is 0 Å². The van der Waals surface area contributed by atoms with Gasteiger partial charge in [-0.15, -0.1) is 0 Å². The number of nitriles is 1. The van der Waals surface area contributed by atoms with E-state index in [1.807, 2.05) is 26.0 Å². The smallest absolute Gasteiger partial charge is 0.0991 e. The maximum absolute atomic E-state index is 8.50. The van der Waals surface area contributed by atoms with E-state index in [2.05, 4.69) is 6.58 Å². The Morgan fingerprint density at radius 3 is 2.50 bits per heavy atom. The van der Waals surface area contributed by atoms with E-state index in [1.54, 1.807) is 12.2 Å². The van der Waals surface area contributed by atoms with E-state index in [-0.39, 0.29) is 0 Å². The molecule has 0 N–H and O–H groups in total. The summed E-state index contributed by atoms with van der Waals surface area (Å²) in [4.78, 5) is 0.